The highest BCUT2D eigenvalue weighted by Gasteiger charge is 2.39. The van der Waals surface area contributed by atoms with Gasteiger partial charge in [0.1, 0.15) is 5.75 Å². The Morgan fingerprint density at radius 3 is 2.95 bits per heavy atom. The lowest BCUT2D eigenvalue weighted by atomic mass is 9.83. The molecule has 2 unspecified atom stereocenters. The monoisotopic (exact) mass is 292 g/mol. The SMILES string of the molecule is CCCC1CC(CN)(N(C)c2cccc(OC)c2)CCO1. The van der Waals surface area contributed by atoms with Gasteiger partial charge in [-0.1, -0.05) is 19.4 Å². The first-order valence-corrected chi connectivity index (χ1v) is 7.85. The van der Waals surface area contributed by atoms with E-state index in [1.54, 1.807) is 7.11 Å². The van der Waals surface area contributed by atoms with E-state index in [0.717, 1.165) is 43.7 Å². The molecule has 1 aromatic carbocycles. The molecule has 1 heterocycles. The number of nitrogens with two attached hydrogens (primary N) is 1. The molecule has 1 aliphatic heterocycles. The number of hydrogen-bond donors (Lipinski definition) is 1. The fraction of sp³-hybridized carbons (Fsp3) is 0.647. The van der Waals surface area contributed by atoms with E-state index < -0.39 is 0 Å². The molecular weight excluding hydrogens is 264 g/mol. The van der Waals surface area contributed by atoms with E-state index in [0.29, 0.717) is 12.6 Å². The first-order chi connectivity index (χ1) is 10.1. The first-order valence-electron chi connectivity index (χ1n) is 7.85. The lowest BCUT2D eigenvalue weighted by Gasteiger charge is -2.47. The first kappa shape index (κ1) is 16.1. The van der Waals surface area contributed by atoms with E-state index in [2.05, 4.69) is 31.0 Å². The zero-order valence-corrected chi connectivity index (χ0v) is 13.5. The molecule has 1 saturated heterocycles. The van der Waals surface area contributed by atoms with Crippen LogP contribution in [0.3, 0.4) is 0 Å². The van der Waals surface area contributed by atoms with Crippen molar-refractivity contribution in [1.29, 1.82) is 0 Å². The maximum absolute atomic E-state index is 6.18. The van der Waals surface area contributed by atoms with Gasteiger partial charge in [0, 0.05) is 32.0 Å². The van der Waals surface area contributed by atoms with Crippen molar-refractivity contribution >= 4 is 5.69 Å². The summed E-state index contributed by atoms with van der Waals surface area (Å²) >= 11 is 0. The summed E-state index contributed by atoms with van der Waals surface area (Å²) in [5, 5.41) is 0. The molecule has 118 valence electrons. The Balaban J connectivity index is 2.21. The van der Waals surface area contributed by atoms with Gasteiger partial charge >= 0.3 is 0 Å². The molecule has 0 amide bonds. The minimum atomic E-state index is -0.0234. The highest BCUT2D eigenvalue weighted by Crippen LogP contribution is 2.35. The number of methoxy groups -OCH3 is 1. The summed E-state index contributed by atoms with van der Waals surface area (Å²) in [5.41, 5.74) is 7.30. The maximum atomic E-state index is 6.18. The maximum Gasteiger partial charge on any atom is 0.120 e. The quantitative estimate of drug-likeness (QED) is 0.876. The van der Waals surface area contributed by atoms with Gasteiger partial charge < -0.3 is 20.1 Å². The molecule has 0 spiro atoms. The average Bonchev–Trinajstić information content (AvgIpc) is 2.54. The number of ether oxygens (including phenoxy) is 2. The summed E-state index contributed by atoms with van der Waals surface area (Å²) in [6.07, 6.45) is 4.53. The molecule has 21 heavy (non-hydrogen) atoms. The van der Waals surface area contributed by atoms with Gasteiger partial charge in [-0.25, -0.2) is 0 Å². The van der Waals surface area contributed by atoms with Crippen molar-refractivity contribution in [3.63, 3.8) is 0 Å². The molecule has 2 atom stereocenters. The number of nitrogens with zero attached hydrogens (tertiary/aromatic N) is 1. The molecule has 0 aliphatic carbocycles. The Kier molecular flexibility index (Phi) is 5.48. The highest BCUT2D eigenvalue weighted by molar-refractivity contribution is 5.52. The minimum absolute atomic E-state index is 0.0234. The van der Waals surface area contributed by atoms with E-state index in [4.69, 9.17) is 15.2 Å². The van der Waals surface area contributed by atoms with Crippen LogP contribution in [-0.2, 0) is 4.74 Å². The van der Waals surface area contributed by atoms with Crippen molar-refractivity contribution in [1.82, 2.24) is 0 Å². The molecule has 4 nitrogen and oxygen atoms in total. The second-order valence-electron chi connectivity index (χ2n) is 5.92. The summed E-state index contributed by atoms with van der Waals surface area (Å²) < 4.78 is 11.2. The van der Waals surface area contributed by atoms with Crippen LogP contribution in [0.25, 0.3) is 0 Å². The Bertz CT molecular complexity index is 450. The normalized spacial score (nSPS) is 25.6. The molecule has 0 bridgehead atoms. The van der Waals surface area contributed by atoms with E-state index in [1.807, 2.05) is 12.1 Å². The van der Waals surface area contributed by atoms with E-state index in [9.17, 15) is 0 Å². The van der Waals surface area contributed by atoms with Crippen LogP contribution in [0.4, 0.5) is 5.69 Å². The predicted molar refractivity (Wildman–Crippen MR) is 87.1 cm³/mol. The average molecular weight is 292 g/mol. The second-order valence-corrected chi connectivity index (χ2v) is 5.92. The van der Waals surface area contributed by atoms with Gasteiger partial charge in [-0.2, -0.15) is 0 Å². The summed E-state index contributed by atoms with van der Waals surface area (Å²) in [4.78, 5) is 2.32. The number of hydrogen-bond acceptors (Lipinski definition) is 4. The smallest absolute Gasteiger partial charge is 0.120 e. The Morgan fingerprint density at radius 2 is 2.29 bits per heavy atom. The van der Waals surface area contributed by atoms with Crippen molar-refractivity contribution in [3.8, 4) is 5.75 Å². The van der Waals surface area contributed by atoms with Gasteiger partial charge in [0.2, 0.25) is 0 Å². The van der Waals surface area contributed by atoms with Crippen LogP contribution in [0.15, 0.2) is 24.3 Å². The lowest BCUT2D eigenvalue weighted by molar-refractivity contribution is -0.0216. The zero-order chi connectivity index (χ0) is 15.3. The molecule has 2 rings (SSSR count). The summed E-state index contributed by atoms with van der Waals surface area (Å²) in [5.74, 6) is 0.878. The summed E-state index contributed by atoms with van der Waals surface area (Å²) in [7, 11) is 3.83. The van der Waals surface area contributed by atoms with Gasteiger partial charge in [0.05, 0.1) is 18.8 Å². The minimum Gasteiger partial charge on any atom is -0.497 e. The van der Waals surface area contributed by atoms with Crippen LogP contribution < -0.4 is 15.4 Å². The van der Waals surface area contributed by atoms with Gasteiger partial charge in [0.15, 0.2) is 0 Å². The van der Waals surface area contributed by atoms with Crippen molar-refractivity contribution < 1.29 is 9.47 Å². The van der Waals surface area contributed by atoms with Crippen LogP contribution in [-0.4, -0.2) is 39.0 Å². The zero-order valence-electron chi connectivity index (χ0n) is 13.5. The number of rotatable bonds is 6. The molecular formula is C17H28N2O2. The third-order valence-electron chi connectivity index (χ3n) is 4.67. The molecule has 0 aromatic heterocycles. The molecule has 0 radical (unpaired) electrons. The van der Waals surface area contributed by atoms with Crippen LogP contribution >= 0.6 is 0 Å². The Labute approximate surface area is 128 Å². The van der Waals surface area contributed by atoms with Crippen molar-refractivity contribution in [2.45, 2.75) is 44.2 Å². The summed E-state index contributed by atoms with van der Waals surface area (Å²) in [6.45, 7) is 3.63. The third-order valence-corrected chi connectivity index (χ3v) is 4.67. The molecule has 1 aromatic rings. The summed E-state index contributed by atoms with van der Waals surface area (Å²) in [6, 6.07) is 8.18. The fourth-order valence-corrected chi connectivity index (χ4v) is 3.23. The van der Waals surface area contributed by atoms with Gasteiger partial charge in [-0.15, -0.1) is 0 Å². The fourth-order valence-electron chi connectivity index (χ4n) is 3.23. The van der Waals surface area contributed by atoms with E-state index >= 15 is 0 Å². The van der Waals surface area contributed by atoms with Crippen molar-refractivity contribution in [2.24, 2.45) is 5.73 Å². The van der Waals surface area contributed by atoms with Crippen LogP contribution in [0, 0.1) is 0 Å². The van der Waals surface area contributed by atoms with Crippen LogP contribution in [0.2, 0.25) is 0 Å². The van der Waals surface area contributed by atoms with Crippen molar-refractivity contribution in [3.05, 3.63) is 24.3 Å². The number of likely N-dealkylation sites (N-methyl/N-ethyl adjacent to an activating group) is 1. The molecule has 4 heteroatoms. The lowest BCUT2D eigenvalue weighted by Crippen LogP contribution is -2.57. The molecule has 1 fully saturated rings. The van der Waals surface area contributed by atoms with Gasteiger partial charge in [0.25, 0.3) is 0 Å². The number of benzene rings is 1. The molecule has 2 N–H and O–H groups in total. The van der Waals surface area contributed by atoms with Gasteiger partial charge in [-0.05, 0) is 31.4 Å². The van der Waals surface area contributed by atoms with Crippen molar-refractivity contribution in [2.75, 3.05) is 32.2 Å². The van der Waals surface area contributed by atoms with Gasteiger partial charge in [-0.3, -0.25) is 0 Å². The Morgan fingerprint density at radius 1 is 1.48 bits per heavy atom. The standard InChI is InChI=1S/C17H28N2O2/c1-4-6-16-12-17(13-18,9-10-21-16)19(2)14-7-5-8-15(11-14)20-3/h5,7-8,11,16H,4,6,9-10,12-13,18H2,1-3H3. The predicted octanol–water partition coefficient (Wildman–Crippen LogP) is 2.81. The second kappa shape index (κ2) is 7.14. The largest absolute Gasteiger partial charge is 0.497 e. The molecule has 0 saturated carbocycles. The van der Waals surface area contributed by atoms with E-state index in [-0.39, 0.29) is 5.54 Å². The Hall–Kier alpha value is -1.26. The molecule has 1 aliphatic rings. The van der Waals surface area contributed by atoms with Crippen LogP contribution in [0.5, 0.6) is 5.75 Å². The third kappa shape index (κ3) is 3.50. The van der Waals surface area contributed by atoms with E-state index in [1.165, 1.54) is 0 Å². The highest BCUT2D eigenvalue weighted by atomic mass is 16.5. The van der Waals surface area contributed by atoms with Crippen LogP contribution in [0.1, 0.15) is 32.6 Å². The topological polar surface area (TPSA) is 47.7 Å². The number of anilines is 1.